The Morgan fingerprint density at radius 3 is 3.03 bits per heavy atom. The molecule has 0 aliphatic carbocycles. The first kappa shape index (κ1) is 22.5. The fourth-order valence-corrected chi connectivity index (χ4v) is 6.22. The molecule has 2 N–H and O–H groups in total. The summed E-state index contributed by atoms with van der Waals surface area (Å²) in [4.78, 5) is 24.2. The third-order valence-electron chi connectivity index (χ3n) is 7.60. The molecule has 3 aromatic rings. The van der Waals surface area contributed by atoms with Crippen LogP contribution in [0.4, 0.5) is 14.5 Å². The molecule has 0 saturated carbocycles. The quantitative estimate of drug-likeness (QED) is 0.562. The number of aromatic hydroxyl groups is 1. The number of nitrogens with zero attached hydrogens (tertiary/aromatic N) is 3. The van der Waals surface area contributed by atoms with Gasteiger partial charge in [-0.2, -0.15) is 4.98 Å². The molecule has 6 rings (SSSR count). The fraction of sp³-hybridized carbons (Fsp3) is 0.440. The third-order valence-corrected chi connectivity index (χ3v) is 7.97. The van der Waals surface area contributed by atoms with Crippen molar-refractivity contribution in [2.75, 3.05) is 31.1 Å². The maximum absolute atomic E-state index is 14.3. The second kappa shape index (κ2) is 8.34. The average molecular weight is 503 g/mol. The van der Waals surface area contributed by atoms with Gasteiger partial charge in [0.15, 0.2) is 0 Å². The molecule has 0 spiro atoms. The fourth-order valence-electron chi connectivity index (χ4n) is 5.95. The van der Waals surface area contributed by atoms with E-state index in [4.69, 9.17) is 16.3 Å². The molecule has 0 unspecified atom stereocenters. The topological polar surface area (TPSA) is 81.7 Å². The number of benzene rings is 2. The van der Waals surface area contributed by atoms with Crippen molar-refractivity contribution in [1.82, 2.24) is 14.9 Å². The molecule has 35 heavy (non-hydrogen) atoms. The van der Waals surface area contributed by atoms with Crippen molar-refractivity contribution < 1.29 is 18.6 Å². The number of halogens is 3. The minimum atomic E-state index is -0.864. The van der Waals surface area contributed by atoms with E-state index in [1.807, 2.05) is 4.90 Å². The molecule has 0 amide bonds. The van der Waals surface area contributed by atoms with Gasteiger partial charge in [-0.1, -0.05) is 17.7 Å². The van der Waals surface area contributed by atoms with Crippen LogP contribution < -0.4 is 15.2 Å². The molecular formula is C25H25ClF2N4O3. The van der Waals surface area contributed by atoms with Crippen molar-refractivity contribution in [1.29, 1.82) is 0 Å². The molecular weight excluding hydrogens is 478 g/mol. The van der Waals surface area contributed by atoms with E-state index < -0.39 is 12.0 Å². The number of phenols is 1. The predicted molar refractivity (Wildman–Crippen MR) is 129 cm³/mol. The molecule has 0 radical (unpaired) electrons. The van der Waals surface area contributed by atoms with E-state index in [0.717, 1.165) is 19.4 Å². The Bertz CT molecular complexity index is 1380. The first-order chi connectivity index (χ1) is 16.8. The summed E-state index contributed by atoms with van der Waals surface area (Å²) in [5.41, 5.74) is 1.08. The van der Waals surface area contributed by atoms with E-state index in [1.165, 1.54) is 12.1 Å². The lowest BCUT2D eigenvalue weighted by Gasteiger charge is -2.32. The van der Waals surface area contributed by atoms with Gasteiger partial charge < -0.3 is 14.7 Å². The highest BCUT2D eigenvalue weighted by Gasteiger charge is 2.49. The van der Waals surface area contributed by atoms with Crippen LogP contribution in [0.2, 0.25) is 5.02 Å². The number of anilines is 1. The first-order valence-corrected chi connectivity index (χ1v) is 12.2. The van der Waals surface area contributed by atoms with Crippen molar-refractivity contribution in [2.24, 2.45) is 0 Å². The van der Waals surface area contributed by atoms with E-state index in [2.05, 4.69) is 14.9 Å². The highest BCUT2D eigenvalue weighted by molar-refractivity contribution is 6.36. The van der Waals surface area contributed by atoms with Gasteiger partial charge in [-0.15, -0.1) is 0 Å². The maximum atomic E-state index is 14.3. The van der Waals surface area contributed by atoms with Crippen LogP contribution in [0.5, 0.6) is 11.8 Å². The van der Waals surface area contributed by atoms with Crippen LogP contribution in [0.15, 0.2) is 29.1 Å². The number of nitrogens with one attached hydrogen (secondary N) is 1. The second-order valence-corrected chi connectivity index (χ2v) is 10.1. The van der Waals surface area contributed by atoms with Crippen molar-refractivity contribution in [2.45, 2.75) is 43.9 Å². The number of hydrogen-bond acceptors (Lipinski definition) is 6. The van der Waals surface area contributed by atoms with E-state index >= 15 is 0 Å². The largest absolute Gasteiger partial charge is 0.508 e. The molecule has 3 aliphatic heterocycles. The van der Waals surface area contributed by atoms with E-state index in [1.54, 1.807) is 12.1 Å². The zero-order chi connectivity index (χ0) is 24.3. The van der Waals surface area contributed by atoms with Crippen LogP contribution >= 0.6 is 11.6 Å². The number of phenolic OH excluding ortho intramolecular Hbond substituents is 1. The summed E-state index contributed by atoms with van der Waals surface area (Å²) in [6.45, 7) is 2.29. The summed E-state index contributed by atoms with van der Waals surface area (Å²) in [6.07, 6.45) is 1.84. The van der Waals surface area contributed by atoms with Crippen LogP contribution in [0.25, 0.3) is 10.8 Å². The Morgan fingerprint density at radius 1 is 1.31 bits per heavy atom. The van der Waals surface area contributed by atoms with E-state index in [-0.39, 0.29) is 41.0 Å². The molecule has 2 atom stereocenters. The molecule has 7 nitrogen and oxygen atoms in total. The molecule has 0 bridgehead atoms. The van der Waals surface area contributed by atoms with Gasteiger partial charge in [-0.05, 0) is 43.3 Å². The molecule has 2 aromatic carbocycles. The standard InChI is InChI=1S/C25H25ClF2N4O3/c26-22-18(28)3-2-14-8-16(33)9-20(21(14)22)31-7-4-17-19(12-31)29-24(30-23(17)34)35-13-25-5-1-6-32(25)11-15(27)10-25/h2-3,8-9,15,33H,1,4-7,10-13H2,(H,29,30,34)/t15-,25+/m1/s1. The number of aromatic amines is 1. The lowest BCUT2D eigenvalue weighted by atomic mass is 9.95. The zero-order valence-electron chi connectivity index (χ0n) is 19.0. The molecule has 2 saturated heterocycles. The first-order valence-electron chi connectivity index (χ1n) is 11.8. The third kappa shape index (κ3) is 3.81. The Kier molecular flexibility index (Phi) is 5.37. The van der Waals surface area contributed by atoms with Gasteiger partial charge in [0, 0.05) is 36.5 Å². The van der Waals surface area contributed by atoms with Gasteiger partial charge >= 0.3 is 0 Å². The van der Waals surface area contributed by atoms with Crippen LogP contribution in [0, 0.1) is 5.82 Å². The van der Waals surface area contributed by atoms with Crippen molar-refractivity contribution in [3.05, 3.63) is 56.7 Å². The number of hydrogen-bond donors (Lipinski definition) is 2. The molecule has 1 aromatic heterocycles. The lowest BCUT2D eigenvalue weighted by molar-refractivity contribution is 0.107. The number of fused-ring (bicyclic) bond motifs is 3. The summed E-state index contributed by atoms with van der Waals surface area (Å²) in [7, 11) is 0. The monoisotopic (exact) mass is 502 g/mol. The minimum absolute atomic E-state index is 0.0192. The van der Waals surface area contributed by atoms with E-state index in [9.17, 15) is 18.7 Å². The maximum Gasteiger partial charge on any atom is 0.296 e. The normalized spacial score (nSPS) is 24.1. The Morgan fingerprint density at radius 2 is 2.17 bits per heavy atom. The van der Waals surface area contributed by atoms with Crippen LogP contribution in [-0.4, -0.2) is 57.9 Å². The molecule has 3 aliphatic rings. The van der Waals surface area contributed by atoms with Crippen LogP contribution in [0.3, 0.4) is 0 Å². The zero-order valence-corrected chi connectivity index (χ0v) is 19.7. The number of aromatic nitrogens is 2. The van der Waals surface area contributed by atoms with E-state index in [0.29, 0.717) is 53.6 Å². The number of H-pyrrole nitrogens is 1. The summed E-state index contributed by atoms with van der Waals surface area (Å²) in [5.74, 6) is -0.511. The number of ether oxygens (including phenoxy) is 1. The minimum Gasteiger partial charge on any atom is -0.508 e. The van der Waals surface area contributed by atoms with Gasteiger partial charge in [0.1, 0.15) is 24.3 Å². The number of rotatable bonds is 4. The van der Waals surface area contributed by atoms with Gasteiger partial charge in [0.2, 0.25) is 0 Å². The van der Waals surface area contributed by atoms with Gasteiger partial charge in [0.05, 0.1) is 28.5 Å². The summed E-state index contributed by atoms with van der Waals surface area (Å²) in [5, 5.41) is 11.4. The highest BCUT2D eigenvalue weighted by atomic mass is 35.5. The Labute approximate surface area is 205 Å². The Balaban J connectivity index is 1.30. The molecule has 2 fully saturated rings. The molecule has 10 heteroatoms. The summed E-state index contributed by atoms with van der Waals surface area (Å²) >= 11 is 6.31. The smallest absolute Gasteiger partial charge is 0.296 e. The molecule has 4 heterocycles. The highest BCUT2D eigenvalue weighted by Crippen LogP contribution is 2.41. The van der Waals surface area contributed by atoms with Crippen LogP contribution in [0.1, 0.15) is 30.5 Å². The summed E-state index contributed by atoms with van der Waals surface area (Å²) < 4.78 is 34.3. The predicted octanol–water partition coefficient (Wildman–Crippen LogP) is 3.94. The van der Waals surface area contributed by atoms with Gasteiger partial charge in [-0.25, -0.2) is 8.78 Å². The lowest BCUT2D eigenvalue weighted by Crippen LogP contribution is -2.44. The van der Waals surface area contributed by atoms with Crippen molar-refractivity contribution >= 4 is 28.1 Å². The number of alkyl halides is 1. The SMILES string of the molecule is O=c1[nH]c(OC[C@@]23CCCN2C[C@H](F)C3)nc2c1CCN(c1cc(O)cc3ccc(F)c(Cl)c13)C2. The second-order valence-electron chi connectivity index (χ2n) is 9.76. The Hall–Kier alpha value is -2.91. The molecule has 184 valence electrons. The van der Waals surface area contributed by atoms with Crippen LogP contribution in [-0.2, 0) is 13.0 Å². The summed E-state index contributed by atoms with van der Waals surface area (Å²) in [6, 6.07) is 6.04. The van der Waals surface area contributed by atoms with Crippen molar-refractivity contribution in [3.63, 3.8) is 0 Å². The van der Waals surface area contributed by atoms with Gasteiger partial charge in [-0.3, -0.25) is 14.7 Å². The van der Waals surface area contributed by atoms with Crippen molar-refractivity contribution in [3.8, 4) is 11.8 Å². The van der Waals surface area contributed by atoms with Gasteiger partial charge in [0.25, 0.3) is 11.6 Å². The average Bonchev–Trinajstić information content (AvgIpc) is 3.35.